The van der Waals surface area contributed by atoms with Crippen molar-refractivity contribution >= 4 is 5.69 Å². The highest BCUT2D eigenvalue weighted by molar-refractivity contribution is 5.44. The van der Waals surface area contributed by atoms with E-state index in [4.69, 9.17) is 11.0 Å². The van der Waals surface area contributed by atoms with Gasteiger partial charge in [-0.05, 0) is 11.6 Å². The molecule has 0 heterocycles. The van der Waals surface area contributed by atoms with Gasteiger partial charge in [0.15, 0.2) is 0 Å². The van der Waals surface area contributed by atoms with Gasteiger partial charge in [-0.2, -0.15) is 5.26 Å². The molecule has 1 aromatic rings. The summed E-state index contributed by atoms with van der Waals surface area (Å²) in [7, 11) is 0. The molecule has 0 amide bonds. The van der Waals surface area contributed by atoms with Crippen LogP contribution >= 0.6 is 0 Å². The Bertz CT molecular complexity index is 396. The van der Waals surface area contributed by atoms with E-state index in [0.29, 0.717) is 12.1 Å². The van der Waals surface area contributed by atoms with E-state index in [-0.39, 0.29) is 12.1 Å². The molecule has 0 aliphatic rings. The molecular formula is C9H9N3O2. The molecule has 0 saturated heterocycles. The molecule has 1 aromatic carbocycles. The molecule has 0 unspecified atom stereocenters. The largest absolute Gasteiger partial charge is 0.326 e. The normalized spacial score (nSPS) is 9.43. The lowest BCUT2D eigenvalue weighted by molar-refractivity contribution is -0.385. The van der Waals surface area contributed by atoms with Gasteiger partial charge in [-0.1, -0.05) is 6.07 Å². The second-order valence-electron chi connectivity index (χ2n) is 2.76. The molecule has 5 heteroatoms. The predicted octanol–water partition coefficient (Wildman–Crippen LogP) is 1.12. The van der Waals surface area contributed by atoms with Gasteiger partial charge >= 0.3 is 0 Å². The average Bonchev–Trinajstić information content (AvgIpc) is 2.17. The molecule has 0 aliphatic heterocycles. The minimum absolute atomic E-state index is 0.0243. The number of hydrogen-bond acceptors (Lipinski definition) is 4. The maximum absolute atomic E-state index is 10.6. The summed E-state index contributed by atoms with van der Waals surface area (Å²) in [6.45, 7) is 0.316. The van der Waals surface area contributed by atoms with E-state index in [0.717, 1.165) is 5.56 Å². The Morgan fingerprint density at radius 1 is 1.57 bits per heavy atom. The SMILES string of the molecule is N#CCc1cc(CN)ccc1[N+](=O)[O-]. The van der Waals surface area contributed by atoms with Gasteiger partial charge in [0.25, 0.3) is 5.69 Å². The van der Waals surface area contributed by atoms with Crippen molar-refractivity contribution in [2.75, 3.05) is 0 Å². The summed E-state index contributed by atoms with van der Waals surface area (Å²) in [5.41, 5.74) is 6.57. The third-order valence-corrected chi connectivity index (χ3v) is 1.85. The van der Waals surface area contributed by atoms with Gasteiger partial charge in [-0.25, -0.2) is 0 Å². The Hall–Kier alpha value is -1.93. The van der Waals surface area contributed by atoms with Gasteiger partial charge in [0, 0.05) is 18.2 Å². The van der Waals surface area contributed by atoms with Gasteiger partial charge in [0.05, 0.1) is 17.4 Å². The van der Waals surface area contributed by atoms with Crippen LogP contribution in [0.25, 0.3) is 0 Å². The van der Waals surface area contributed by atoms with Crippen LogP contribution in [0.4, 0.5) is 5.69 Å². The summed E-state index contributed by atoms with van der Waals surface area (Å²) < 4.78 is 0. The fraction of sp³-hybridized carbons (Fsp3) is 0.222. The molecular weight excluding hydrogens is 182 g/mol. The predicted molar refractivity (Wildman–Crippen MR) is 50.3 cm³/mol. The molecule has 0 aliphatic carbocycles. The maximum Gasteiger partial charge on any atom is 0.273 e. The number of nitrogens with zero attached hydrogens (tertiary/aromatic N) is 2. The molecule has 5 nitrogen and oxygen atoms in total. The summed E-state index contributed by atoms with van der Waals surface area (Å²) in [6.07, 6.45) is 0.0319. The zero-order valence-electron chi connectivity index (χ0n) is 7.43. The third-order valence-electron chi connectivity index (χ3n) is 1.85. The van der Waals surface area contributed by atoms with Crippen LogP contribution in [0.1, 0.15) is 11.1 Å². The minimum atomic E-state index is -0.493. The Labute approximate surface area is 80.9 Å². The summed E-state index contributed by atoms with van der Waals surface area (Å²) in [6, 6.07) is 6.46. The molecule has 1 rings (SSSR count). The topological polar surface area (TPSA) is 93.0 Å². The van der Waals surface area contributed by atoms with Crippen LogP contribution in [0.2, 0.25) is 0 Å². The Kier molecular flexibility index (Phi) is 3.15. The van der Waals surface area contributed by atoms with E-state index < -0.39 is 4.92 Å². The van der Waals surface area contributed by atoms with Crippen LogP contribution in [-0.2, 0) is 13.0 Å². The van der Waals surface area contributed by atoms with E-state index in [1.165, 1.54) is 6.07 Å². The van der Waals surface area contributed by atoms with Crippen LogP contribution in [0, 0.1) is 21.4 Å². The molecule has 0 spiro atoms. The van der Waals surface area contributed by atoms with E-state index in [1.807, 2.05) is 6.07 Å². The minimum Gasteiger partial charge on any atom is -0.326 e. The zero-order valence-corrected chi connectivity index (χ0v) is 7.43. The molecule has 0 fully saturated rings. The Balaban J connectivity index is 3.18. The highest BCUT2D eigenvalue weighted by Crippen LogP contribution is 2.20. The first kappa shape index (κ1) is 10.2. The number of hydrogen-bond donors (Lipinski definition) is 1. The number of nitro benzene ring substituents is 1. The van der Waals surface area contributed by atoms with E-state index in [2.05, 4.69) is 0 Å². The number of benzene rings is 1. The standard InChI is InChI=1S/C9H9N3O2/c10-4-3-8-5-7(6-11)1-2-9(8)12(13)14/h1-2,5H,3,6,11H2. The average molecular weight is 191 g/mol. The van der Waals surface area contributed by atoms with Crippen molar-refractivity contribution in [1.29, 1.82) is 5.26 Å². The highest BCUT2D eigenvalue weighted by Gasteiger charge is 2.12. The van der Waals surface area contributed by atoms with Crippen LogP contribution in [-0.4, -0.2) is 4.92 Å². The third kappa shape index (κ3) is 2.06. The van der Waals surface area contributed by atoms with Crippen molar-refractivity contribution in [3.8, 4) is 6.07 Å². The zero-order chi connectivity index (χ0) is 10.6. The number of nitrogens with two attached hydrogens (primary N) is 1. The van der Waals surface area contributed by atoms with Crippen molar-refractivity contribution in [2.24, 2.45) is 5.73 Å². The first-order valence-corrected chi connectivity index (χ1v) is 4.02. The molecule has 0 aromatic heterocycles. The first-order chi connectivity index (χ1) is 6.69. The molecule has 2 N–H and O–H groups in total. The second kappa shape index (κ2) is 4.35. The van der Waals surface area contributed by atoms with E-state index in [9.17, 15) is 10.1 Å². The number of nitriles is 1. The van der Waals surface area contributed by atoms with Gasteiger partial charge in [0.2, 0.25) is 0 Å². The summed E-state index contributed by atoms with van der Waals surface area (Å²) in [5, 5.41) is 19.0. The van der Waals surface area contributed by atoms with Crippen LogP contribution < -0.4 is 5.73 Å². The van der Waals surface area contributed by atoms with Crippen molar-refractivity contribution in [2.45, 2.75) is 13.0 Å². The number of nitro groups is 1. The van der Waals surface area contributed by atoms with Crippen molar-refractivity contribution in [3.05, 3.63) is 39.4 Å². The highest BCUT2D eigenvalue weighted by atomic mass is 16.6. The Morgan fingerprint density at radius 2 is 2.29 bits per heavy atom. The molecule has 0 bridgehead atoms. The molecule has 14 heavy (non-hydrogen) atoms. The lowest BCUT2D eigenvalue weighted by atomic mass is 10.1. The quantitative estimate of drug-likeness (QED) is 0.572. The summed E-state index contributed by atoms with van der Waals surface area (Å²) >= 11 is 0. The van der Waals surface area contributed by atoms with Crippen molar-refractivity contribution in [1.82, 2.24) is 0 Å². The van der Waals surface area contributed by atoms with Gasteiger partial charge < -0.3 is 5.73 Å². The van der Waals surface area contributed by atoms with Crippen molar-refractivity contribution in [3.63, 3.8) is 0 Å². The van der Waals surface area contributed by atoms with Crippen LogP contribution in [0.5, 0.6) is 0 Å². The lowest BCUT2D eigenvalue weighted by Gasteiger charge is -2.01. The van der Waals surface area contributed by atoms with Gasteiger partial charge in [0.1, 0.15) is 0 Å². The number of rotatable bonds is 3. The monoisotopic (exact) mass is 191 g/mol. The lowest BCUT2D eigenvalue weighted by Crippen LogP contribution is -2.00. The van der Waals surface area contributed by atoms with Gasteiger partial charge in [-0.15, -0.1) is 0 Å². The Morgan fingerprint density at radius 3 is 2.79 bits per heavy atom. The molecule has 0 saturated carbocycles. The smallest absolute Gasteiger partial charge is 0.273 e. The molecule has 0 atom stereocenters. The first-order valence-electron chi connectivity index (χ1n) is 4.02. The van der Waals surface area contributed by atoms with E-state index >= 15 is 0 Å². The van der Waals surface area contributed by atoms with Crippen LogP contribution in [0.15, 0.2) is 18.2 Å². The summed E-state index contributed by atoms with van der Waals surface area (Å²) in [5.74, 6) is 0. The van der Waals surface area contributed by atoms with Crippen LogP contribution in [0.3, 0.4) is 0 Å². The molecule has 0 radical (unpaired) electrons. The van der Waals surface area contributed by atoms with E-state index in [1.54, 1.807) is 12.1 Å². The summed E-state index contributed by atoms with van der Waals surface area (Å²) in [4.78, 5) is 10.1. The molecule has 72 valence electrons. The fourth-order valence-corrected chi connectivity index (χ4v) is 1.17. The fourth-order valence-electron chi connectivity index (χ4n) is 1.17. The van der Waals surface area contributed by atoms with Crippen molar-refractivity contribution < 1.29 is 4.92 Å². The van der Waals surface area contributed by atoms with Gasteiger partial charge in [-0.3, -0.25) is 10.1 Å². The maximum atomic E-state index is 10.6. The second-order valence-corrected chi connectivity index (χ2v) is 2.76.